The Bertz CT molecular complexity index is 1050. The number of rotatable bonds is 6. The number of hydrogen-bond donors (Lipinski definition) is 0. The monoisotopic (exact) mass is 377 g/mol. The van der Waals surface area contributed by atoms with E-state index in [1.165, 1.54) is 12.3 Å². The van der Waals surface area contributed by atoms with Gasteiger partial charge in [-0.25, -0.2) is 0 Å². The number of hydrogen-bond acceptors (Lipinski definition) is 6. The number of carbonyl (C=O) groups excluding carboxylic acids is 2. The molecule has 2 aromatic carbocycles. The molecule has 7 nitrogen and oxygen atoms in total. The fourth-order valence-corrected chi connectivity index (χ4v) is 2.77. The number of benzene rings is 2. The van der Waals surface area contributed by atoms with Crippen LogP contribution in [0.5, 0.6) is 5.75 Å². The predicted octanol–water partition coefficient (Wildman–Crippen LogP) is 2.95. The normalized spacial score (nSPS) is 12.9. The van der Waals surface area contributed by atoms with Crippen LogP contribution in [0.3, 0.4) is 0 Å². The van der Waals surface area contributed by atoms with Crippen LogP contribution in [0.15, 0.2) is 76.1 Å². The number of hydroxylamine groups is 2. The molecule has 0 saturated carbocycles. The molecule has 7 heteroatoms. The van der Waals surface area contributed by atoms with Crippen LogP contribution in [-0.4, -0.2) is 16.9 Å². The van der Waals surface area contributed by atoms with Crippen molar-refractivity contribution in [3.05, 3.63) is 99.6 Å². The topological polar surface area (TPSA) is 86.0 Å². The van der Waals surface area contributed by atoms with Gasteiger partial charge in [-0.05, 0) is 17.7 Å². The maximum atomic E-state index is 12.2. The van der Waals surface area contributed by atoms with Crippen molar-refractivity contribution in [3.63, 3.8) is 0 Å². The molecule has 3 aromatic rings. The van der Waals surface area contributed by atoms with Crippen LogP contribution in [-0.2, 0) is 18.1 Å². The molecule has 1 aliphatic heterocycles. The zero-order valence-corrected chi connectivity index (χ0v) is 14.7. The summed E-state index contributed by atoms with van der Waals surface area (Å²) in [6.45, 7) is -0.0177. The SMILES string of the molecule is O=C1c2ccccc2C(=O)N1OCc1cc(=O)c(OCc2ccccc2)co1. The Morgan fingerprint density at radius 1 is 0.821 bits per heavy atom. The van der Waals surface area contributed by atoms with Crippen molar-refractivity contribution in [3.8, 4) is 5.75 Å². The van der Waals surface area contributed by atoms with E-state index in [0.717, 1.165) is 5.56 Å². The van der Waals surface area contributed by atoms with Gasteiger partial charge >= 0.3 is 0 Å². The molecule has 0 saturated heterocycles. The highest BCUT2D eigenvalue weighted by molar-refractivity contribution is 6.20. The van der Waals surface area contributed by atoms with Crippen LogP contribution in [0.25, 0.3) is 0 Å². The largest absolute Gasteiger partial charge is 0.482 e. The van der Waals surface area contributed by atoms with E-state index in [4.69, 9.17) is 14.0 Å². The summed E-state index contributed by atoms with van der Waals surface area (Å²) in [6.07, 6.45) is 1.19. The molecule has 0 N–H and O–H groups in total. The van der Waals surface area contributed by atoms with Crippen LogP contribution in [0.1, 0.15) is 32.0 Å². The second-order valence-corrected chi connectivity index (χ2v) is 6.07. The van der Waals surface area contributed by atoms with Crippen molar-refractivity contribution in [2.45, 2.75) is 13.2 Å². The van der Waals surface area contributed by atoms with Crippen LogP contribution < -0.4 is 10.2 Å². The Morgan fingerprint density at radius 3 is 2.11 bits per heavy atom. The van der Waals surface area contributed by atoms with E-state index in [9.17, 15) is 14.4 Å². The Balaban J connectivity index is 1.40. The van der Waals surface area contributed by atoms with Crippen LogP contribution >= 0.6 is 0 Å². The van der Waals surface area contributed by atoms with E-state index in [1.807, 2.05) is 30.3 Å². The van der Waals surface area contributed by atoms with Gasteiger partial charge in [-0.3, -0.25) is 19.2 Å². The number of nitrogens with zero attached hydrogens (tertiary/aromatic N) is 1. The third kappa shape index (κ3) is 3.43. The maximum absolute atomic E-state index is 12.2. The lowest BCUT2D eigenvalue weighted by Crippen LogP contribution is -2.29. The van der Waals surface area contributed by atoms with E-state index in [2.05, 4.69) is 0 Å². The molecule has 0 bridgehead atoms. The Kier molecular flexibility index (Phi) is 4.74. The summed E-state index contributed by atoms with van der Waals surface area (Å²) in [7, 11) is 0. The predicted molar refractivity (Wildman–Crippen MR) is 97.5 cm³/mol. The molecular formula is C21H15NO6. The van der Waals surface area contributed by atoms with Crippen molar-refractivity contribution >= 4 is 11.8 Å². The molecule has 2 heterocycles. The minimum Gasteiger partial charge on any atom is -0.482 e. The van der Waals surface area contributed by atoms with Gasteiger partial charge in [-0.2, -0.15) is 0 Å². The second kappa shape index (κ2) is 7.50. The summed E-state index contributed by atoms with van der Waals surface area (Å²) >= 11 is 0. The minimum atomic E-state index is -0.550. The first-order chi connectivity index (χ1) is 13.6. The highest BCUT2D eigenvalue weighted by Gasteiger charge is 2.36. The van der Waals surface area contributed by atoms with Gasteiger partial charge in [0.2, 0.25) is 11.2 Å². The number of ether oxygens (including phenoxy) is 1. The number of fused-ring (bicyclic) bond motifs is 1. The standard InChI is InChI=1S/C21H15NO6/c23-18-10-15(26-13-19(18)27-11-14-6-2-1-3-7-14)12-28-22-20(24)16-8-4-5-9-17(16)21(22)25/h1-10,13H,11-12H2. The summed E-state index contributed by atoms with van der Waals surface area (Å²) in [4.78, 5) is 41.9. The van der Waals surface area contributed by atoms with Gasteiger partial charge in [0.25, 0.3) is 11.8 Å². The molecule has 1 aromatic heterocycles. The number of amides is 2. The Hall–Kier alpha value is -3.71. The van der Waals surface area contributed by atoms with Crippen molar-refractivity contribution in [1.82, 2.24) is 5.06 Å². The number of carbonyl (C=O) groups is 2. The van der Waals surface area contributed by atoms with E-state index >= 15 is 0 Å². The molecule has 140 valence electrons. The van der Waals surface area contributed by atoms with Gasteiger partial charge in [0.05, 0.1) is 11.1 Å². The molecule has 4 rings (SSSR count). The first-order valence-electron chi connectivity index (χ1n) is 8.52. The van der Waals surface area contributed by atoms with Gasteiger partial charge in [-0.1, -0.05) is 42.5 Å². The summed E-state index contributed by atoms with van der Waals surface area (Å²) in [5.74, 6) is -0.876. The van der Waals surface area contributed by atoms with Crippen molar-refractivity contribution in [2.75, 3.05) is 0 Å². The summed E-state index contributed by atoms with van der Waals surface area (Å²) in [6, 6.07) is 17.1. The van der Waals surface area contributed by atoms with Gasteiger partial charge in [0, 0.05) is 6.07 Å². The average Bonchev–Trinajstić information content (AvgIpc) is 2.97. The molecule has 0 radical (unpaired) electrons. The molecule has 0 fully saturated rings. The quantitative estimate of drug-likeness (QED) is 0.614. The molecule has 0 unspecified atom stereocenters. The maximum Gasteiger partial charge on any atom is 0.285 e. The fourth-order valence-electron chi connectivity index (χ4n) is 2.77. The van der Waals surface area contributed by atoms with Crippen LogP contribution in [0.2, 0.25) is 0 Å². The van der Waals surface area contributed by atoms with Crippen molar-refractivity contribution in [2.24, 2.45) is 0 Å². The summed E-state index contributed by atoms with van der Waals surface area (Å²) in [5, 5.41) is 0.671. The number of imide groups is 1. The van der Waals surface area contributed by atoms with Gasteiger partial charge in [-0.15, -0.1) is 5.06 Å². The molecular weight excluding hydrogens is 362 g/mol. The van der Waals surface area contributed by atoms with Gasteiger partial charge in [0.15, 0.2) is 0 Å². The van der Waals surface area contributed by atoms with Crippen molar-refractivity contribution < 1.29 is 23.6 Å². The third-order valence-corrected chi connectivity index (χ3v) is 4.18. The van der Waals surface area contributed by atoms with Crippen LogP contribution in [0.4, 0.5) is 0 Å². The smallest absolute Gasteiger partial charge is 0.285 e. The zero-order valence-electron chi connectivity index (χ0n) is 14.7. The van der Waals surface area contributed by atoms with Crippen LogP contribution in [0, 0.1) is 0 Å². The lowest BCUT2D eigenvalue weighted by Gasteiger charge is -2.12. The minimum absolute atomic E-state index is 0.0633. The molecule has 28 heavy (non-hydrogen) atoms. The van der Waals surface area contributed by atoms with E-state index in [0.29, 0.717) is 5.06 Å². The van der Waals surface area contributed by atoms with E-state index < -0.39 is 11.8 Å². The first kappa shape index (κ1) is 17.7. The first-order valence-corrected chi connectivity index (χ1v) is 8.52. The molecule has 0 aliphatic carbocycles. The van der Waals surface area contributed by atoms with Crippen molar-refractivity contribution in [1.29, 1.82) is 0 Å². The molecule has 0 atom stereocenters. The second-order valence-electron chi connectivity index (χ2n) is 6.07. The van der Waals surface area contributed by atoms with Gasteiger partial charge < -0.3 is 9.15 Å². The Morgan fingerprint density at radius 2 is 1.46 bits per heavy atom. The van der Waals surface area contributed by atoms with E-state index in [-0.39, 0.29) is 41.3 Å². The molecule has 0 spiro atoms. The highest BCUT2D eigenvalue weighted by Crippen LogP contribution is 2.23. The third-order valence-electron chi connectivity index (χ3n) is 4.18. The molecule has 2 amide bonds. The van der Waals surface area contributed by atoms with Gasteiger partial charge in [0.1, 0.15) is 25.2 Å². The fraction of sp³-hybridized carbons (Fsp3) is 0.0952. The lowest BCUT2D eigenvalue weighted by atomic mass is 10.1. The average molecular weight is 377 g/mol. The van der Waals surface area contributed by atoms with E-state index in [1.54, 1.807) is 24.3 Å². The summed E-state index contributed by atoms with van der Waals surface area (Å²) < 4.78 is 10.8. The lowest BCUT2D eigenvalue weighted by molar-refractivity contribution is -0.105. The highest BCUT2D eigenvalue weighted by atomic mass is 16.7. The molecule has 1 aliphatic rings. The summed E-state index contributed by atoms with van der Waals surface area (Å²) in [5.41, 5.74) is 1.08. The Labute approximate surface area is 159 Å². The zero-order chi connectivity index (χ0) is 19.5.